The van der Waals surface area contributed by atoms with Gasteiger partial charge in [-0.3, -0.25) is 4.79 Å². The zero-order chi connectivity index (χ0) is 23.3. The van der Waals surface area contributed by atoms with Crippen molar-refractivity contribution in [1.29, 1.82) is 0 Å². The zero-order valence-corrected chi connectivity index (χ0v) is 19.5. The topological polar surface area (TPSA) is 77.5 Å². The Labute approximate surface area is 189 Å². The van der Waals surface area contributed by atoms with Crippen LogP contribution in [-0.4, -0.2) is 57.4 Å². The van der Waals surface area contributed by atoms with Crippen LogP contribution in [0.1, 0.15) is 43.2 Å². The van der Waals surface area contributed by atoms with Gasteiger partial charge < -0.3 is 29.0 Å². The van der Waals surface area contributed by atoms with Crippen LogP contribution in [0.5, 0.6) is 28.7 Å². The van der Waals surface area contributed by atoms with Crippen LogP contribution in [-0.2, 0) is 4.79 Å². The molecule has 7 nitrogen and oxygen atoms in total. The highest BCUT2D eigenvalue weighted by atomic mass is 16.5. The summed E-state index contributed by atoms with van der Waals surface area (Å²) in [7, 11) is 6.23. The highest BCUT2D eigenvalue weighted by molar-refractivity contribution is 5.79. The molecule has 3 rings (SSSR count). The second-order valence-electron chi connectivity index (χ2n) is 8.21. The molecule has 0 spiro atoms. The molecule has 1 N–H and O–H groups in total. The molecule has 2 aromatic carbocycles. The Kier molecular flexibility index (Phi) is 7.72. The first-order valence-corrected chi connectivity index (χ1v) is 10.9. The molecular formula is C25H33NO6. The lowest BCUT2D eigenvalue weighted by Gasteiger charge is -2.32. The number of nitrogens with zero attached hydrogens (tertiary/aromatic N) is 1. The van der Waals surface area contributed by atoms with E-state index in [1.54, 1.807) is 26.4 Å². The molecule has 0 aromatic heterocycles. The van der Waals surface area contributed by atoms with Crippen molar-refractivity contribution in [3.63, 3.8) is 0 Å². The molecule has 2 aromatic rings. The van der Waals surface area contributed by atoms with E-state index < -0.39 is 5.92 Å². The number of carbonyl (C=O) groups is 1. The van der Waals surface area contributed by atoms with Crippen molar-refractivity contribution in [2.24, 2.45) is 5.92 Å². The number of phenols is 1. The monoisotopic (exact) mass is 443 g/mol. The minimum Gasteiger partial charge on any atom is -0.507 e. The molecule has 1 fully saturated rings. The minimum absolute atomic E-state index is 0.00360. The summed E-state index contributed by atoms with van der Waals surface area (Å²) in [4.78, 5) is 15.3. The summed E-state index contributed by atoms with van der Waals surface area (Å²) in [6, 6.07) is 8.73. The molecule has 1 aliphatic heterocycles. The minimum atomic E-state index is -0.485. The number of piperidine rings is 1. The van der Waals surface area contributed by atoms with Crippen LogP contribution in [0.3, 0.4) is 0 Å². The van der Waals surface area contributed by atoms with Crippen molar-refractivity contribution in [1.82, 2.24) is 4.90 Å². The predicted octanol–water partition coefficient (Wildman–Crippen LogP) is 4.21. The van der Waals surface area contributed by atoms with Crippen LogP contribution in [0.2, 0.25) is 0 Å². The average Bonchev–Trinajstić information content (AvgIpc) is 2.81. The van der Waals surface area contributed by atoms with E-state index >= 15 is 0 Å². The standard InChI is InChI=1S/C25H33NO6/c1-16-7-6-10-26(15-16)24(28)14-20(19-9-8-17(29-2)12-22(19)31-4)25-21(27)11-18(30-3)13-23(25)32-5/h8-9,11-13,16,20,27H,6-7,10,14-15H2,1-5H3. The van der Waals surface area contributed by atoms with Crippen molar-refractivity contribution in [3.05, 3.63) is 41.5 Å². The fraction of sp³-hybridized carbons (Fsp3) is 0.480. The summed E-state index contributed by atoms with van der Waals surface area (Å²) in [5, 5.41) is 10.9. The van der Waals surface area contributed by atoms with Crippen LogP contribution in [0, 0.1) is 5.92 Å². The Morgan fingerprint density at radius 3 is 2.34 bits per heavy atom. The van der Waals surface area contributed by atoms with Crippen molar-refractivity contribution in [2.75, 3.05) is 41.5 Å². The Balaban J connectivity index is 2.09. The van der Waals surface area contributed by atoms with Gasteiger partial charge in [-0.05, 0) is 24.8 Å². The lowest BCUT2D eigenvalue weighted by molar-refractivity contribution is -0.133. The number of hydrogen-bond acceptors (Lipinski definition) is 6. The quantitative estimate of drug-likeness (QED) is 0.659. The van der Waals surface area contributed by atoms with Crippen LogP contribution in [0.4, 0.5) is 0 Å². The van der Waals surface area contributed by atoms with Crippen molar-refractivity contribution in [3.8, 4) is 28.7 Å². The largest absolute Gasteiger partial charge is 0.507 e. The zero-order valence-electron chi connectivity index (χ0n) is 19.5. The summed E-state index contributed by atoms with van der Waals surface area (Å²) in [5.41, 5.74) is 1.29. The molecule has 174 valence electrons. The van der Waals surface area contributed by atoms with Gasteiger partial charge in [-0.1, -0.05) is 13.0 Å². The summed E-state index contributed by atoms with van der Waals surface area (Å²) < 4.78 is 21.9. The third kappa shape index (κ3) is 5.03. The Morgan fingerprint density at radius 2 is 1.72 bits per heavy atom. The molecule has 0 bridgehead atoms. The predicted molar refractivity (Wildman–Crippen MR) is 122 cm³/mol. The summed E-state index contributed by atoms with van der Waals surface area (Å²) in [6.45, 7) is 3.67. The number of rotatable bonds is 8. The highest BCUT2D eigenvalue weighted by Crippen LogP contribution is 2.46. The lowest BCUT2D eigenvalue weighted by atomic mass is 9.85. The van der Waals surface area contributed by atoms with Gasteiger partial charge in [0.2, 0.25) is 5.91 Å². The molecule has 32 heavy (non-hydrogen) atoms. The van der Waals surface area contributed by atoms with Gasteiger partial charge in [0.05, 0.1) is 28.4 Å². The second-order valence-corrected chi connectivity index (χ2v) is 8.21. The molecule has 0 radical (unpaired) electrons. The maximum Gasteiger partial charge on any atom is 0.223 e. The number of aromatic hydroxyl groups is 1. The molecule has 7 heteroatoms. The first-order chi connectivity index (χ1) is 15.4. The van der Waals surface area contributed by atoms with Gasteiger partial charge in [-0.2, -0.15) is 0 Å². The highest BCUT2D eigenvalue weighted by Gasteiger charge is 2.31. The first kappa shape index (κ1) is 23.6. The summed E-state index contributed by atoms with van der Waals surface area (Å²) in [6.07, 6.45) is 2.30. The van der Waals surface area contributed by atoms with Gasteiger partial charge in [-0.25, -0.2) is 0 Å². The molecule has 1 amide bonds. The van der Waals surface area contributed by atoms with Crippen LogP contribution in [0.25, 0.3) is 0 Å². The van der Waals surface area contributed by atoms with E-state index in [-0.39, 0.29) is 18.1 Å². The summed E-state index contributed by atoms with van der Waals surface area (Å²) in [5.74, 6) is 2.18. The average molecular weight is 444 g/mol. The number of benzene rings is 2. The van der Waals surface area contributed by atoms with Gasteiger partial charge in [0.25, 0.3) is 0 Å². The van der Waals surface area contributed by atoms with Crippen LogP contribution in [0.15, 0.2) is 30.3 Å². The van der Waals surface area contributed by atoms with E-state index in [1.807, 2.05) is 17.0 Å². The SMILES string of the molecule is COc1ccc(C(CC(=O)N2CCCC(C)C2)c2c(O)cc(OC)cc2OC)c(OC)c1. The molecule has 2 atom stereocenters. The second kappa shape index (κ2) is 10.5. The fourth-order valence-electron chi connectivity index (χ4n) is 4.42. The van der Waals surface area contributed by atoms with Gasteiger partial charge in [0.15, 0.2) is 0 Å². The van der Waals surface area contributed by atoms with E-state index in [2.05, 4.69) is 6.92 Å². The van der Waals surface area contributed by atoms with Crippen LogP contribution >= 0.6 is 0 Å². The van der Waals surface area contributed by atoms with E-state index in [0.29, 0.717) is 34.5 Å². The van der Waals surface area contributed by atoms with Crippen molar-refractivity contribution >= 4 is 5.91 Å². The van der Waals surface area contributed by atoms with E-state index in [9.17, 15) is 9.90 Å². The van der Waals surface area contributed by atoms with Crippen molar-refractivity contribution in [2.45, 2.75) is 32.1 Å². The molecule has 0 saturated carbocycles. The Morgan fingerprint density at radius 1 is 1.03 bits per heavy atom. The van der Waals surface area contributed by atoms with Gasteiger partial charge >= 0.3 is 0 Å². The van der Waals surface area contributed by atoms with Gasteiger partial charge in [0, 0.05) is 54.8 Å². The van der Waals surface area contributed by atoms with Gasteiger partial charge in [0.1, 0.15) is 28.7 Å². The van der Waals surface area contributed by atoms with Crippen LogP contribution < -0.4 is 18.9 Å². The first-order valence-electron chi connectivity index (χ1n) is 10.9. The van der Waals surface area contributed by atoms with Gasteiger partial charge in [-0.15, -0.1) is 0 Å². The van der Waals surface area contributed by atoms with E-state index in [4.69, 9.17) is 18.9 Å². The Bertz CT molecular complexity index is 944. The fourth-order valence-corrected chi connectivity index (χ4v) is 4.42. The molecule has 2 unspecified atom stereocenters. The number of likely N-dealkylation sites (tertiary alicyclic amines) is 1. The number of ether oxygens (including phenoxy) is 4. The molecule has 1 heterocycles. The number of carbonyl (C=O) groups excluding carboxylic acids is 1. The smallest absolute Gasteiger partial charge is 0.223 e. The van der Waals surface area contributed by atoms with E-state index in [0.717, 1.165) is 31.5 Å². The molecule has 0 aliphatic carbocycles. The number of methoxy groups -OCH3 is 4. The number of hydrogen-bond donors (Lipinski definition) is 1. The molecular weight excluding hydrogens is 410 g/mol. The number of phenolic OH excluding ortho intramolecular Hbond substituents is 1. The van der Waals surface area contributed by atoms with Crippen molar-refractivity contribution < 1.29 is 28.8 Å². The third-order valence-corrected chi connectivity index (χ3v) is 6.10. The maximum absolute atomic E-state index is 13.4. The molecule has 1 saturated heterocycles. The number of amides is 1. The Hall–Kier alpha value is -3.09. The lowest BCUT2D eigenvalue weighted by Crippen LogP contribution is -2.39. The molecule has 1 aliphatic rings. The third-order valence-electron chi connectivity index (χ3n) is 6.10. The maximum atomic E-state index is 13.4. The normalized spacial score (nSPS) is 16.9. The summed E-state index contributed by atoms with van der Waals surface area (Å²) >= 11 is 0. The van der Waals surface area contributed by atoms with E-state index in [1.165, 1.54) is 20.3 Å².